The summed E-state index contributed by atoms with van der Waals surface area (Å²) in [4.78, 5) is 13.0. The van der Waals surface area contributed by atoms with Gasteiger partial charge in [0.25, 0.3) is 0 Å². The number of halogens is 1. The Morgan fingerprint density at radius 1 is 1.24 bits per heavy atom. The zero-order valence-corrected chi connectivity index (χ0v) is 20.5. The Hall–Kier alpha value is -1.14. The Kier molecular flexibility index (Phi) is 9.41. The summed E-state index contributed by atoms with van der Waals surface area (Å²) in [6, 6.07) is 5.80. The maximum absolute atomic E-state index is 12.7. The molecule has 1 N–H and O–H groups in total. The van der Waals surface area contributed by atoms with Gasteiger partial charge in [-0.05, 0) is 30.9 Å². The number of guanidine groups is 1. The van der Waals surface area contributed by atoms with E-state index in [2.05, 4.69) is 32.0 Å². The van der Waals surface area contributed by atoms with E-state index in [1.807, 2.05) is 18.2 Å². The van der Waals surface area contributed by atoms with Gasteiger partial charge in [0.1, 0.15) is 5.82 Å². The Labute approximate surface area is 191 Å². The van der Waals surface area contributed by atoms with Gasteiger partial charge in [-0.25, -0.2) is 13.4 Å². The van der Waals surface area contributed by atoms with Crippen LogP contribution in [0.25, 0.3) is 0 Å². The van der Waals surface area contributed by atoms with Crippen molar-refractivity contribution in [3.05, 3.63) is 24.4 Å². The topological polar surface area (TPSA) is 81.1 Å². The van der Waals surface area contributed by atoms with E-state index in [0.717, 1.165) is 31.3 Å². The van der Waals surface area contributed by atoms with Crippen molar-refractivity contribution < 1.29 is 8.42 Å². The second-order valence-electron chi connectivity index (χ2n) is 7.56. The van der Waals surface area contributed by atoms with Crippen LogP contribution in [0.15, 0.2) is 29.4 Å². The van der Waals surface area contributed by atoms with Gasteiger partial charge in [0.2, 0.25) is 10.0 Å². The van der Waals surface area contributed by atoms with Crippen LogP contribution in [0.2, 0.25) is 0 Å². The Morgan fingerprint density at radius 2 is 2.00 bits per heavy atom. The summed E-state index contributed by atoms with van der Waals surface area (Å²) >= 11 is 0. The van der Waals surface area contributed by atoms with E-state index in [9.17, 15) is 8.42 Å². The molecule has 0 aliphatic carbocycles. The second-order valence-corrected chi connectivity index (χ2v) is 9.65. The number of piperidine rings is 1. The molecule has 2 fully saturated rings. The quantitative estimate of drug-likeness (QED) is 0.349. The molecule has 1 aromatic rings. The molecule has 2 aliphatic heterocycles. The fourth-order valence-corrected chi connectivity index (χ4v) is 5.21. The average molecular weight is 536 g/mol. The third-order valence-corrected chi connectivity index (χ3v) is 7.29. The standard InChI is InChI=1S/C19H32N6O2S.HI/c1-17-6-5-10-24(16-17)19(20-2)22-9-15-28(26,27)25-13-11-23(12-14-25)18-7-3-4-8-21-18;/h3-4,7-8,17H,5-6,9-16H2,1-2H3,(H,20,22);1H. The second kappa shape index (κ2) is 11.3. The smallest absolute Gasteiger partial charge is 0.215 e. The van der Waals surface area contributed by atoms with Crippen LogP contribution in [0.1, 0.15) is 19.8 Å². The van der Waals surface area contributed by atoms with Crippen molar-refractivity contribution in [1.29, 1.82) is 0 Å². The van der Waals surface area contributed by atoms with Crippen molar-refractivity contribution in [2.75, 3.05) is 63.5 Å². The van der Waals surface area contributed by atoms with Gasteiger partial charge < -0.3 is 15.1 Å². The summed E-state index contributed by atoms with van der Waals surface area (Å²) in [5.41, 5.74) is 0. The van der Waals surface area contributed by atoms with E-state index >= 15 is 0 Å². The number of hydrogen-bond acceptors (Lipinski definition) is 5. The predicted molar refractivity (Wildman–Crippen MR) is 129 cm³/mol. The van der Waals surface area contributed by atoms with E-state index in [1.165, 1.54) is 6.42 Å². The number of sulfonamides is 1. The highest BCUT2D eigenvalue weighted by molar-refractivity contribution is 14.0. The maximum Gasteiger partial charge on any atom is 0.215 e. The number of pyridine rings is 1. The molecule has 1 unspecified atom stereocenters. The van der Waals surface area contributed by atoms with Crippen LogP contribution in [0.3, 0.4) is 0 Å². The molecule has 10 heteroatoms. The van der Waals surface area contributed by atoms with Crippen molar-refractivity contribution in [2.45, 2.75) is 19.8 Å². The first-order valence-electron chi connectivity index (χ1n) is 10.1. The normalized spacial score (nSPS) is 21.6. The Bertz CT molecular complexity index is 753. The van der Waals surface area contributed by atoms with Gasteiger partial charge in [-0.1, -0.05) is 13.0 Å². The first-order valence-corrected chi connectivity index (χ1v) is 11.7. The Balaban J connectivity index is 0.00000300. The van der Waals surface area contributed by atoms with E-state index < -0.39 is 10.0 Å². The number of aliphatic imine (C=N–C) groups is 1. The monoisotopic (exact) mass is 536 g/mol. The lowest BCUT2D eigenvalue weighted by Crippen LogP contribution is -2.51. The van der Waals surface area contributed by atoms with Crippen LogP contribution in [-0.2, 0) is 10.0 Å². The van der Waals surface area contributed by atoms with E-state index in [4.69, 9.17) is 0 Å². The Morgan fingerprint density at radius 3 is 2.62 bits per heavy atom. The molecule has 0 bridgehead atoms. The zero-order chi connectivity index (χ0) is 20.0. The van der Waals surface area contributed by atoms with Gasteiger partial charge in [0.05, 0.1) is 5.75 Å². The van der Waals surface area contributed by atoms with Crippen molar-refractivity contribution in [3.63, 3.8) is 0 Å². The number of hydrogen-bond donors (Lipinski definition) is 1. The number of piperazine rings is 1. The molecule has 0 radical (unpaired) electrons. The van der Waals surface area contributed by atoms with Crippen molar-refractivity contribution in [2.24, 2.45) is 10.9 Å². The minimum atomic E-state index is -3.28. The molecule has 0 aromatic carbocycles. The third kappa shape index (κ3) is 6.68. The molecule has 3 heterocycles. The number of nitrogens with zero attached hydrogens (tertiary/aromatic N) is 5. The first kappa shape index (κ1) is 24.1. The van der Waals surface area contributed by atoms with Gasteiger partial charge in [-0.2, -0.15) is 4.31 Å². The summed E-state index contributed by atoms with van der Waals surface area (Å²) in [6.45, 7) is 6.89. The summed E-state index contributed by atoms with van der Waals surface area (Å²) in [7, 11) is -1.53. The van der Waals surface area contributed by atoms with Gasteiger partial charge in [0.15, 0.2) is 5.96 Å². The zero-order valence-electron chi connectivity index (χ0n) is 17.3. The largest absolute Gasteiger partial charge is 0.355 e. The fourth-order valence-electron chi connectivity index (χ4n) is 3.87. The molecule has 2 saturated heterocycles. The van der Waals surface area contributed by atoms with Crippen molar-refractivity contribution >= 4 is 45.8 Å². The molecule has 0 spiro atoms. The van der Waals surface area contributed by atoms with Crippen molar-refractivity contribution in [1.82, 2.24) is 19.5 Å². The number of aromatic nitrogens is 1. The highest BCUT2D eigenvalue weighted by Gasteiger charge is 2.27. The highest BCUT2D eigenvalue weighted by Crippen LogP contribution is 2.16. The van der Waals surface area contributed by atoms with Gasteiger partial charge in [0, 0.05) is 59.1 Å². The number of anilines is 1. The molecular formula is C19H33IN6O2S. The minimum Gasteiger partial charge on any atom is -0.355 e. The molecule has 1 aromatic heterocycles. The summed E-state index contributed by atoms with van der Waals surface area (Å²) < 4.78 is 27.0. The number of likely N-dealkylation sites (tertiary alicyclic amines) is 1. The maximum atomic E-state index is 12.7. The SMILES string of the molecule is CN=C(NCCS(=O)(=O)N1CCN(c2ccccn2)CC1)N1CCCC(C)C1.I. The van der Waals surface area contributed by atoms with Crippen LogP contribution in [0.5, 0.6) is 0 Å². The van der Waals surface area contributed by atoms with Crippen LogP contribution < -0.4 is 10.2 Å². The van der Waals surface area contributed by atoms with E-state index in [0.29, 0.717) is 38.6 Å². The van der Waals surface area contributed by atoms with Crippen molar-refractivity contribution in [3.8, 4) is 0 Å². The molecule has 1 atom stereocenters. The van der Waals surface area contributed by atoms with Gasteiger partial charge in [-0.15, -0.1) is 24.0 Å². The van der Waals surface area contributed by atoms with E-state index in [-0.39, 0.29) is 29.7 Å². The minimum absolute atomic E-state index is 0. The number of rotatable bonds is 5. The summed E-state index contributed by atoms with van der Waals surface area (Å²) in [6.07, 6.45) is 4.16. The number of nitrogens with one attached hydrogen (secondary N) is 1. The molecule has 3 rings (SSSR count). The molecule has 0 amide bonds. The average Bonchev–Trinajstić information content (AvgIpc) is 2.72. The van der Waals surface area contributed by atoms with Crippen LogP contribution in [-0.4, -0.2) is 87.2 Å². The van der Waals surface area contributed by atoms with Crippen LogP contribution in [0.4, 0.5) is 5.82 Å². The molecule has 29 heavy (non-hydrogen) atoms. The lowest BCUT2D eigenvalue weighted by Gasteiger charge is -2.35. The summed E-state index contributed by atoms with van der Waals surface area (Å²) in [5.74, 6) is 2.44. The van der Waals surface area contributed by atoms with Crippen LogP contribution in [0, 0.1) is 5.92 Å². The lowest BCUT2D eigenvalue weighted by atomic mass is 10.0. The molecule has 164 valence electrons. The molecule has 8 nitrogen and oxygen atoms in total. The molecule has 0 saturated carbocycles. The predicted octanol–water partition coefficient (Wildman–Crippen LogP) is 1.46. The van der Waals surface area contributed by atoms with Gasteiger partial charge in [-0.3, -0.25) is 4.99 Å². The van der Waals surface area contributed by atoms with Gasteiger partial charge >= 0.3 is 0 Å². The molecular weight excluding hydrogens is 503 g/mol. The van der Waals surface area contributed by atoms with Crippen LogP contribution >= 0.6 is 24.0 Å². The first-order chi connectivity index (χ1) is 13.5. The van der Waals surface area contributed by atoms with E-state index in [1.54, 1.807) is 17.5 Å². The highest BCUT2D eigenvalue weighted by atomic mass is 127. The summed E-state index contributed by atoms with van der Waals surface area (Å²) in [5, 5.41) is 3.24. The third-order valence-electron chi connectivity index (χ3n) is 5.42. The fraction of sp³-hybridized carbons (Fsp3) is 0.684. The molecule has 2 aliphatic rings. The lowest BCUT2D eigenvalue weighted by molar-refractivity contribution is 0.266.